The molecule has 3 N–H and O–H groups in total. The summed E-state index contributed by atoms with van der Waals surface area (Å²) in [5, 5.41) is 18.6. The average Bonchev–Trinajstić information content (AvgIpc) is 2.41. The number of β-amino-alcohol motifs (C(OH)–C–C–N with tert-alkyl or cyclic N) is 1. The van der Waals surface area contributed by atoms with Gasteiger partial charge in [-0.05, 0) is 30.5 Å². The van der Waals surface area contributed by atoms with Crippen LogP contribution in [0.25, 0.3) is 0 Å². The van der Waals surface area contributed by atoms with Crippen molar-refractivity contribution in [1.29, 1.82) is 5.26 Å². The Morgan fingerprint density at radius 3 is 2.75 bits per heavy atom. The van der Waals surface area contributed by atoms with Gasteiger partial charge in [0.25, 0.3) is 0 Å². The van der Waals surface area contributed by atoms with Crippen molar-refractivity contribution in [2.45, 2.75) is 24.3 Å². The predicted molar refractivity (Wildman–Crippen MR) is 74.1 cm³/mol. The number of aliphatic hydroxyl groups is 1. The van der Waals surface area contributed by atoms with Crippen LogP contribution in [-0.2, 0) is 10.0 Å². The highest BCUT2D eigenvalue weighted by molar-refractivity contribution is 7.89. The summed E-state index contributed by atoms with van der Waals surface area (Å²) in [7, 11) is -3.74. The highest BCUT2D eigenvalue weighted by Crippen LogP contribution is 2.27. The fourth-order valence-electron chi connectivity index (χ4n) is 2.23. The van der Waals surface area contributed by atoms with Gasteiger partial charge in [-0.25, -0.2) is 8.42 Å². The molecule has 0 amide bonds. The Kier molecular flexibility index (Phi) is 3.99. The first-order valence-electron chi connectivity index (χ1n) is 6.34. The van der Waals surface area contributed by atoms with E-state index >= 15 is 0 Å². The maximum atomic E-state index is 12.5. The smallest absolute Gasteiger partial charge is 0.245 e. The zero-order valence-electron chi connectivity index (χ0n) is 11.2. The molecule has 6 nitrogen and oxygen atoms in total. The third-order valence-corrected chi connectivity index (χ3v) is 5.58. The van der Waals surface area contributed by atoms with Gasteiger partial charge < -0.3 is 10.8 Å². The Morgan fingerprint density at radius 1 is 1.50 bits per heavy atom. The van der Waals surface area contributed by atoms with Crippen LogP contribution in [0.3, 0.4) is 0 Å². The summed E-state index contributed by atoms with van der Waals surface area (Å²) in [6.07, 6.45) is -0.0607. The zero-order valence-corrected chi connectivity index (χ0v) is 12.0. The van der Waals surface area contributed by atoms with Crippen LogP contribution in [0.15, 0.2) is 23.1 Å². The summed E-state index contributed by atoms with van der Waals surface area (Å²) in [6.45, 7) is 2.33. The summed E-state index contributed by atoms with van der Waals surface area (Å²) in [4.78, 5) is -0.0155. The van der Waals surface area contributed by atoms with Crippen LogP contribution in [0.1, 0.15) is 18.9 Å². The Morgan fingerprint density at radius 2 is 2.20 bits per heavy atom. The lowest BCUT2D eigenvalue weighted by Crippen LogP contribution is -2.45. The van der Waals surface area contributed by atoms with Crippen LogP contribution < -0.4 is 5.73 Å². The van der Waals surface area contributed by atoms with E-state index in [-0.39, 0.29) is 23.0 Å². The minimum absolute atomic E-state index is 0.0155. The molecule has 1 aromatic rings. The SMILES string of the molecule is CC1CCN(S(=O)(=O)c2ccc(C#N)cc2N)CC1O. The quantitative estimate of drug-likeness (QED) is 0.774. The van der Waals surface area contributed by atoms with Gasteiger partial charge in [0.1, 0.15) is 4.90 Å². The van der Waals surface area contributed by atoms with Crippen LogP contribution in [0.4, 0.5) is 5.69 Å². The molecule has 1 heterocycles. The molecule has 1 aromatic carbocycles. The normalized spacial score (nSPS) is 24.2. The molecular weight excluding hydrogens is 278 g/mol. The number of rotatable bonds is 2. The van der Waals surface area contributed by atoms with E-state index in [1.54, 1.807) is 0 Å². The molecule has 0 aliphatic carbocycles. The molecule has 7 heteroatoms. The molecule has 1 saturated heterocycles. The number of hydrogen-bond acceptors (Lipinski definition) is 5. The predicted octanol–water partition coefficient (Wildman–Crippen LogP) is 0.532. The summed E-state index contributed by atoms with van der Waals surface area (Å²) >= 11 is 0. The van der Waals surface area contributed by atoms with E-state index in [2.05, 4.69) is 0 Å². The first-order chi connectivity index (χ1) is 9.36. The molecule has 0 radical (unpaired) electrons. The molecule has 108 valence electrons. The Balaban J connectivity index is 2.34. The van der Waals surface area contributed by atoms with Crippen molar-refractivity contribution in [3.63, 3.8) is 0 Å². The average molecular weight is 295 g/mol. The van der Waals surface area contributed by atoms with Gasteiger partial charge in [0.05, 0.1) is 23.4 Å². The topological polar surface area (TPSA) is 107 Å². The van der Waals surface area contributed by atoms with Gasteiger partial charge in [-0.3, -0.25) is 0 Å². The molecule has 2 unspecified atom stereocenters. The molecule has 2 atom stereocenters. The van der Waals surface area contributed by atoms with Crippen molar-refractivity contribution in [2.24, 2.45) is 5.92 Å². The zero-order chi connectivity index (χ0) is 14.9. The minimum atomic E-state index is -3.74. The number of anilines is 1. The molecule has 2 rings (SSSR count). The van der Waals surface area contributed by atoms with Gasteiger partial charge in [-0.2, -0.15) is 9.57 Å². The summed E-state index contributed by atoms with van der Waals surface area (Å²) in [6, 6.07) is 6.02. The number of hydrogen-bond donors (Lipinski definition) is 2. The molecule has 1 aliphatic heterocycles. The van der Waals surface area contributed by atoms with Gasteiger partial charge >= 0.3 is 0 Å². The van der Waals surface area contributed by atoms with Gasteiger partial charge in [0.15, 0.2) is 0 Å². The van der Waals surface area contributed by atoms with Crippen molar-refractivity contribution in [2.75, 3.05) is 18.8 Å². The maximum absolute atomic E-state index is 12.5. The number of nitrogens with two attached hydrogens (primary N) is 1. The van der Waals surface area contributed by atoms with Gasteiger partial charge in [0, 0.05) is 13.1 Å². The largest absolute Gasteiger partial charge is 0.398 e. The lowest BCUT2D eigenvalue weighted by Gasteiger charge is -2.33. The molecule has 0 spiro atoms. The number of nitrogens with zero attached hydrogens (tertiary/aromatic N) is 2. The lowest BCUT2D eigenvalue weighted by atomic mass is 9.98. The van der Waals surface area contributed by atoms with Crippen LogP contribution in [-0.4, -0.2) is 37.0 Å². The number of aliphatic hydroxyl groups excluding tert-OH is 1. The fourth-order valence-corrected chi connectivity index (χ4v) is 3.80. The van der Waals surface area contributed by atoms with Gasteiger partial charge in [-0.1, -0.05) is 6.92 Å². The van der Waals surface area contributed by atoms with Gasteiger partial charge in [-0.15, -0.1) is 0 Å². The van der Waals surface area contributed by atoms with E-state index in [9.17, 15) is 13.5 Å². The maximum Gasteiger partial charge on any atom is 0.245 e. The van der Waals surface area contributed by atoms with Crippen molar-refractivity contribution in [3.8, 4) is 6.07 Å². The van der Waals surface area contributed by atoms with E-state index in [4.69, 9.17) is 11.0 Å². The number of benzene rings is 1. The fraction of sp³-hybridized carbons (Fsp3) is 0.462. The summed E-state index contributed by atoms with van der Waals surface area (Å²) in [5.41, 5.74) is 6.10. The molecular formula is C13H17N3O3S. The molecule has 1 fully saturated rings. The van der Waals surface area contributed by atoms with Crippen molar-refractivity contribution in [3.05, 3.63) is 23.8 Å². The highest BCUT2D eigenvalue weighted by Gasteiger charge is 2.33. The second kappa shape index (κ2) is 5.40. The third-order valence-electron chi connectivity index (χ3n) is 3.64. The highest BCUT2D eigenvalue weighted by atomic mass is 32.2. The minimum Gasteiger partial charge on any atom is -0.398 e. The van der Waals surface area contributed by atoms with Crippen molar-refractivity contribution < 1.29 is 13.5 Å². The van der Waals surface area contributed by atoms with E-state index in [0.717, 1.165) is 0 Å². The molecule has 0 saturated carbocycles. The van der Waals surface area contributed by atoms with Crippen LogP contribution >= 0.6 is 0 Å². The van der Waals surface area contributed by atoms with Crippen molar-refractivity contribution in [1.82, 2.24) is 4.31 Å². The summed E-state index contributed by atoms with van der Waals surface area (Å²) < 4.78 is 26.3. The second-order valence-electron chi connectivity index (χ2n) is 5.06. The van der Waals surface area contributed by atoms with Crippen LogP contribution in [0.5, 0.6) is 0 Å². The first kappa shape index (κ1) is 14.8. The number of nitriles is 1. The van der Waals surface area contributed by atoms with Crippen LogP contribution in [0, 0.1) is 17.2 Å². The summed E-state index contributed by atoms with van der Waals surface area (Å²) in [5.74, 6) is 0.0831. The number of nitrogen functional groups attached to an aromatic ring is 1. The molecule has 0 aromatic heterocycles. The van der Waals surface area contributed by atoms with Gasteiger partial charge in [0.2, 0.25) is 10.0 Å². The monoisotopic (exact) mass is 295 g/mol. The Labute approximate surface area is 118 Å². The molecule has 20 heavy (non-hydrogen) atoms. The lowest BCUT2D eigenvalue weighted by molar-refractivity contribution is 0.0605. The first-order valence-corrected chi connectivity index (χ1v) is 7.78. The molecule has 0 bridgehead atoms. The van der Waals surface area contributed by atoms with Crippen molar-refractivity contribution >= 4 is 15.7 Å². The molecule has 1 aliphatic rings. The van der Waals surface area contributed by atoms with E-state index in [0.29, 0.717) is 18.5 Å². The standard InChI is InChI=1S/C13H17N3O3S/c1-9-4-5-16(8-12(9)17)20(18,19)13-3-2-10(7-14)6-11(13)15/h2-3,6,9,12,17H,4-5,8,15H2,1H3. The third kappa shape index (κ3) is 2.63. The Bertz CT molecular complexity index is 651. The number of piperidine rings is 1. The van der Waals surface area contributed by atoms with E-state index in [1.807, 2.05) is 13.0 Å². The second-order valence-corrected chi connectivity index (χ2v) is 6.97. The Hall–Kier alpha value is -1.62. The van der Waals surface area contributed by atoms with E-state index in [1.165, 1.54) is 22.5 Å². The van der Waals surface area contributed by atoms with E-state index < -0.39 is 16.1 Å². The van der Waals surface area contributed by atoms with Crippen LogP contribution in [0.2, 0.25) is 0 Å². The number of sulfonamides is 1.